The van der Waals surface area contributed by atoms with E-state index in [1.165, 1.54) is 30.6 Å². The molecular weight excluding hydrogens is 405 g/mol. The molecule has 0 bridgehead atoms. The molecule has 0 saturated carbocycles. The van der Waals surface area contributed by atoms with Crippen LogP contribution in [0, 0.1) is 5.95 Å². The first kappa shape index (κ1) is 23.4. The van der Waals surface area contributed by atoms with Gasteiger partial charge in [0.2, 0.25) is 11.8 Å². The maximum Gasteiger partial charge on any atom is 0.223 e. The molecule has 0 spiro atoms. The highest BCUT2D eigenvalue weighted by atomic mass is 32.1. The number of anilines is 1. The number of allylic oxidation sites excluding steroid dienone is 1. The summed E-state index contributed by atoms with van der Waals surface area (Å²) in [6.07, 6.45) is 8.87. The third kappa shape index (κ3) is 5.80. The van der Waals surface area contributed by atoms with Crippen molar-refractivity contribution in [2.75, 3.05) is 18.9 Å². The lowest BCUT2D eigenvalue weighted by atomic mass is 10.1. The van der Waals surface area contributed by atoms with Gasteiger partial charge in [-0.3, -0.25) is 0 Å². The molecule has 3 aromatic heterocycles. The largest absolute Gasteiger partial charge is 0.470 e. The predicted octanol–water partition coefficient (Wildman–Crippen LogP) is 4.20. The standard InChI is InChI=1S/C19H19FN4OS.CH5N.CH2O/c1-2-21-19-23-15-10-14(12-8-9-16(20)22-11-12)17(24-18(15)26-19)25-13-6-4-3-5-7-13;2*1-2/h4,6,8-11,13H,2-3,5,7H2,1H3,(H,21,23);2H2,1H3;1H2. The first-order valence-electron chi connectivity index (χ1n) is 9.60. The summed E-state index contributed by atoms with van der Waals surface area (Å²) in [5.74, 6) is 0.0257. The van der Waals surface area contributed by atoms with Crippen LogP contribution in [-0.4, -0.2) is 41.4 Å². The average molecular weight is 432 g/mol. The maximum absolute atomic E-state index is 13.2. The Labute approximate surface area is 179 Å². The number of hydrogen-bond acceptors (Lipinski definition) is 8. The zero-order valence-corrected chi connectivity index (χ0v) is 17.9. The fourth-order valence-corrected chi connectivity index (χ4v) is 3.81. The van der Waals surface area contributed by atoms with Gasteiger partial charge in [0.25, 0.3) is 0 Å². The van der Waals surface area contributed by atoms with Crippen molar-refractivity contribution in [3.8, 4) is 17.0 Å². The molecule has 1 atom stereocenters. The predicted molar refractivity (Wildman–Crippen MR) is 119 cm³/mol. The van der Waals surface area contributed by atoms with Crippen molar-refractivity contribution in [3.63, 3.8) is 0 Å². The van der Waals surface area contributed by atoms with Gasteiger partial charge in [0, 0.05) is 23.9 Å². The van der Waals surface area contributed by atoms with E-state index in [1.807, 2.05) is 19.8 Å². The number of carbonyl (C=O) groups excluding carboxylic acids is 1. The fourth-order valence-electron chi connectivity index (χ4n) is 2.93. The number of halogens is 1. The van der Waals surface area contributed by atoms with Gasteiger partial charge in [-0.05, 0) is 57.5 Å². The molecule has 3 N–H and O–H groups in total. The van der Waals surface area contributed by atoms with Gasteiger partial charge in [-0.25, -0.2) is 15.0 Å². The Morgan fingerprint density at radius 2 is 2.13 bits per heavy atom. The molecule has 1 aliphatic carbocycles. The number of hydrogen-bond donors (Lipinski definition) is 2. The molecule has 7 nitrogen and oxygen atoms in total. The summed E-state index contributed by atoms with van der Waals surface area (Å²) in [5.41, 5.74) is 6.82. The van der Waals surface area contributed by atoms with Crippen LogP contribution in [0.25, 0.3) is 21.5 Å². The Morgan fingerprint density at radius 3 is 2.77 bits per heavy atom. The Balaban J connectivity index is 0.000000757. The van der Waals surface area contributed by atoms with Gasteiger partial charge in [0.15, 0.2) is 5.13 Å². The third-order valence-corrected chi connectivity index (χ3v) is 5.11. The molecule has 3 aromatic rings. The number of nitrogens with zero attached hydrogens (tertiary/aromatic N) is 3. The molecule has 3 heterocycles. The minimum absolute atomic E-state index is 0.00187. The second kappa shape index (κ2) is 11.9. The second-order valence-electron chi connectivity index (χ2n) is 6.10. The maximum atomic E-state index is 13.2. The van der Waals surface area contributed by atoms with E-state index >= 15 is 0 Å². The number of aromatic nitrogens is 3. The van der Waals surface area contributed by atoms with E-state index in [9.17, 15) is 4.39 Å². The van der Waals surface area contributed by atoms with Crippen LogP contribution in [0.15, 0.2) is 36.5 Å². The normalized spacial score (nSPS) is 14.9. The van der Waals surface area contributed by atoms with Crippen molar-refractivity contribution in [2.45, 2.75) is 32.3 Å². The van der Waals surface area contributed by atoms with Gasteiger partial charge in [0.1, 0.15) is 23.2 Å². The number of rotatable bonds is 5. The second-order valence-corrected chi connectivity index (χ2v) is 7.08. The van der Waals surface area contributed by atoms with Crippen molar-refractivity contribution in [1.29, 1.82) is 0 Å². The summed E-state index contributed by atoms with van der Waals surface area (Å²) in [6.45, 7) is 4.82. The van der Waals surface area contributed by atoms with Crippen LogP contribution in [-0.2, 0) is 4.79 Å². The van der Waals surface area contributed by atoms with Crippen LogP contribution in [0.4, 0.5) is 9.52 Å². The molecule has 1 unspecified atom stereocenters. The Morgan fingerprint density at radius 1 is 1.33 bits per heavy atom. The number of nitrogens with two attached hydrogens (primary N) is 1. The molecule has 0 amide bonds. The minimum Gasteiger partial charge on any atom is -0.470 e. The third-order valence-electron chi connectivity index (χ3n) is 4.19. The van der Waals surface area contributed by atoms with Gasteiger partial charge in [0.05, 0.1) is 0 Å². The molecule has 160 valence electrons. The molecule has 1 aliphatic rings. The van der Waals surface area contributed by atoms with Gasteiger partial charge in [-0.15, -0.1) is 0 Å². The van der Waals surface area contributed by atoms with Crippen molar-refractivity contribution < 1.29 is 13.9 Å². The molecule has 0 radical (unpaired) electrons. The lowest BCUT2D eigenvalue weighted by Gasteiger charge is -2.19. The van der Waals surface area contributed by atoms with Crippen LogP contribution in [0.3, 0.4) is 0 Å². The minimum atomic E-state index is -0.511. The number of ether oxygens (including phenoxy) is 1. The van der Waals surface area contributed by atoms with Gasteiger partial charge in [-0.1, -0.05) is 17.4 Å². The van der Waals surface area contributed by atoms with Crippen LogP contribution in [0.5, 0.6) is 5.88 Å². The number of fused-ring (bicyclic) bond motifs is 1. The zero-order chi connectivity index (χ0) is 21.9. The van der Waals surface area contributed by atoms with E-state index in [1.54, 1.807) is 6.07 Å². The Kier molecular flexibility index (Phi) is 9.30. The number of carbonyl (C=O) groups is 1. The van der Waals surface area contributed by atoms with E-state index in [-0.39, 0.29) is 6.10 Å². The van der Waals surface area contributed by atoms with Crippen LogP contribution in [0.1, 0.15) is 26.2 Å². The van der Waals surface area contributed by atoms with Crippen LogP contribution in [0.2, 0.25) is 0 Å². The Bertz CT molecular complexity index is 962. The summed E-state index contributed by atoms with van der Waals surface area (Å²) in [5, 5.41) is 4.04. The quantitative estimate of drug-likeness (QED) is 0.461. The van der Waals surface area contributed by atoms with Crippen molar-refractivity contribution in [3.05, 3.63) is 42.5 Å². The molecule has 9 heteroatoms. The van der Waals surface area contributed by atoms with Crippen molar-refractivity contribution >= 4 is 33.6 Å². The van der Waals surface area contributed by atoms with Crippen LogP contribution < -0.4 is 15.8 Å². The highest BCUT2D eigenvalue weighted by Gasteiger charge is 2.18. The van der Waals surface area contributed by atoms with Crippen molar-refractivity contribution in [2.24, 2.45) is 5.73 Å². The van der Waals surface area contributed by atoms with Gasteiger partial charge in [-0.2, -0.15) is 4.39 Å². The first-order valence-corrected chi connectivity index (χ1v) is 10.4. The van der Waals surface area contributed by atoms with E-state index in [0.717, 1.165) is 52.4 Å². The smallest absolute Gasteiger partial charge is 0.223 e. The van der Waals surface area contributed by atoms with E-state index < -0.39 is 5.95 Å². The van der Waals surface area contributed by atoms with Gasteiger partial charge < -0.3 is 20.6 Å². The SMILES string of the molecule is C=O.CCNc1nc2cc(-c3ccc(F)nc3)c(OC3C=CCCC3)nc2s1.CN. The lowest BCUT2D eigenvalue weighted by Crippen LogP contribution is -2.16. The fraction of sp³-hybridized carbons (Fsp3) is 0.333. The first-order chi connectivity index (χ1) is 14.7. The molecule has 4 rings (SSSR count). The molecule has 0 fully saturated rings. The molecule has 30 heavy (non-hydrogen) atoms. The summed E-state index contributed by atoms with van der Waals surface area (Å²) in [4.78, 5) is 21.9. The highest BCUT2D eigenvalue weighted by molar-refractivity contribution is 7.21. The average Bonchev–Trinajstić information content (AvgIpc) is 3.19. The number of pyridine rings is 2. The zero-order valence-electron chi connectivity index (χ0n) is 17.1. The van der Waals surface area contributed by atoms with Crippen molar-refractivity contribution in [1.82, 2.24) is 15.0 Å². The van der Waals surface area contributed by atoms with E-state index in [4.69, 9.17) is 14.5 Å². The molecular formula is C21H26FN5O2S. The monoisotopic (exact) mass is 431 g/mol. The van der Waals surface area contributed by atoms with E-state index in [0.29, 0.717) is 5.88 Å². The van der Waals surface area contributed by atoms with Crippen LogP contribution >= 0.6 is 11.3 Å². The molecule has 0 saturated heterocycles. The summed E-state index contributed by atoms with van der Waals surface area (Å²) >= 11 is 1.50. The summed E-state index contributed by atoms with van der Waals surface area (Å²) < 4.78 is 19.4. The molecule has 0 aromatic carbocycles. The summed E-state index contributed by atoms with van der Waals surface area (Å²) in [7, 11) is 1.50. The highest BCUT2D eigenvalue weighted by Crippen LogP contribution is 2.35. The van der Waals surface area contributed by atoms with Gasteiger partial charge >= 0.3 is 0 Å². The number of thiazole rings is 1. The topological polar surface area (TPSA) is 103 Å². The number of nitrogens with one attached hydrogen (secondary N) is 1. The Hall–Kier alpha value is -2.91. The van der Waals surface area contributed by atoms with E-state index in [2.05, 4.69) is 33.2 Å². The lowest BCUT2D eigenvalue weighted by molar-refractivity contribution is -0.0979. The molecule has 0 aliphatic heterocycles. The summed E-state index contributed by atoms with van der Waals surface area (Å²) in [6, 6.07) is 4.97.